The van der Waals surface area contributed by atoms with Gasteiger partial charge < -0.3 is 10.1 Å². The molecule has 1 aromatic rings. The van der Waals surface area contributed by atoms with Crippen molar-refractivity contribution in [2.24, 2.45) is 5.92 Å². The van der Waals surface area contributed by atoms with Crippen LogP contribution in [0.25, 0.3) is 0 Å². The maximum Gasteiger partial charge on any atom is 0.316 e. The average molecular weight is 333 g/mol. The molecule has 2 amide bonds. The lowest BCUT2D eigenvalue weighted by molar-refractivity contribution is -0.497. The molecule has 3 atom stereocenters. The van der Waals surface area contributed by atoms with Gasteiger partial charge in [0.2, 0.25) is 11.9 Å². The summed E-state index contributed by atoms with van der Waals surface area (Å²) in [4.78, 5) is 47.4. The maximum atomic E-state index is 12.5. The molecule has 1 heterocycles. The van der Waals surface area contributed by atoms with Gasteiger partial charge >= 0.3 is 5.97 Å². The maximum absolute atomic E-state index is 12.5. The summed E-state index contributed by atoms with van der Waals surface area (Å²) in [6, 6.07) is 5.85. The standard InChI is InChI=1S/C15H15N3O6/c1-8(24-15(21)9-6-12(9)18(22)23)14(20)17-7-13(19)16-10-4-2-3-5-11(10)17/h2-5,8-9,12H,6-7H2,1H3,(H,16,19)/t8-,9-,12-/m0/s1. The summed E-state index contributed by atoms with van der Waals surface area (Å²) in [6.45, 7) is 1.21. The zero-order valence-electron chi connectivity index (χ0n) is 12.8. The molecule has 1 fully saturated rings. The predicted molar refractivity (Wildman–Crippen MR) is 81.9 cm³/mol. The third-order valence-electron chi connectivity index (χ3n) is 4.01. The number of hydrogen-bond acceptors (Lipinski definition) is 6. The van der Waals surface area contributed by atoms with Crippen LogP contribution in [-0.2, 0) is 19.1 Å². The lowest BCUT2D eigenvalue weighted by atomic mass is 10.1. The van der Waals surface area contributed by atoms with Crippen molar-refractivity contribution in [3.8, 4) is 0 Å². The minimum atomic E-state index is -1.13. The van der Waals surface area contributed by atoms with Crippen LogP contribution < -0.4 is 10.2 Å². The van der Waals surface area contributed by atoms with Crippen LogP contribution >= 0.6 is 0 Å². The van der Waals surface area contributed by atoms with Crippen molar-refractivity contribution in [2.75, 3.05) is 16.8 Å². The van der Waals surface area contributed by atoms with Crippen molar-refractivity contribution in [3.63, 3.8) is 0 Å². The lowest BCUT2D eigenvalue weighted by Crippen LogP contribution is -2.47. The van der Waals surface area contributed by atoms with Gasteiger partial charge in [0.15, 0.2) is 6.10 Å². The van der Waals surface area contributed by atoms with E-state index in [0.29, 0.717) is 11.4 Å². The molecule has 1 N–H and O–H groups in total. The van der Waals surface area contributed by atoms with Gasteiger partial charge in [-0.2, -0.15) is 0 Å². The van der Waals surface area contributed by atoms with Crippen molar-refractivity contribution in [1.82, 2.24) is 0 Å². The van der Waals surface area contributed by atoms with E-state index in [0.717, 1.165) is 0 Å². The molecule has 0 aromatic heterocycles. The monoisotopic (exact) mass is 333 g/mol. The van der Waals surface area contributed by atoms with Crippen LogP contribution in [0.5, 0.6) is 0 Å². The van der Waals surface area contributed by atoms with Gasteiger partial charge in [-0.25, -0.2) is 0 Å². The zero-order chi connectivity index (χ0) is 17.4. The van der Waals surface area contributed by atoms with Crippen molar-refractivity contribution in [2.45, 2.75) is 25.5 Å². The van der Waals surface area contributed by atoms with E-state index in [-0.39, 0.29) is 18.9 Å². The molecule has 1 saturated carbocycles. The van der Waals surface area contributed by atoms with E-state index in [1.807, 2.05) is 0 Å². The fourth-order valence-electron chi connectivity index (χ4n) is 2.63. The summed E-state index contributed by atoms with van der Waals surface area (Å²) in [7, 11) is 0. The van der Waals surface area contributed by atoms with E-state index < -0.39 is 34.9 Å². The summed E-state index contributed by atoms with van der Waals surface area (Å²) in [5.41, 5.74) is 1.01. The number of anilines is 2. The second-order valence-corrected chi connectivity index (χ2v) is 5.76. The minimum absolute atomic E-state index is 0.127. The number of ether oxygens (including phenoxy) is 1. The molecule has 0 bridgehead atoms. The van der Waals surface area contributed by atoms with Crippen LogP contribution in [0.15, 0.2) is 24.3 Å². The van der Waals surface area contributed by atoms with Crippen LogP contribution in [0, 0.1) is 16.0 Å². The summed E-state index contributed by atoms with van der Waals surface area (Å²) >= 11 is 0. The predicted octanol–water partition coefficient (Wildman–Crippen LogP) is 0.569. The topological polar surface area (TPSA) is 119 Å². The van der Waals surface area contributed by atoms with E-state index in [2.05, 4.69) is 5.32 Å². The first-order chi connectivity index (χ1) is 11.4. The Kier molecular flexibility index (Phi) is 3.92. The number of rotatable bonds is 4. The molecule has 24 heavy (non-hydrogen) atoms. The molecule has 1 aliphatic carbocycles. The molecule has 0 radical (unpaired) electrons. The Balaban J connectivity index is 1.69. The first-order valence-electron chi connectivity index (χ1n) is 7.42. The van der Waals surface area contributed by atoms with Crippen molar-refractivity contribution < 1.29 is 24.0 Å². The van der Waals surface area contributed by atoms with Gasteiger partial charge in [-0.05, 0) is 19.1 Å². The minimum Gasteiger partial charge on any atom is -0.452 e. The third-order valence-corrected chi connectivity index (χ3v) is 4.01. The number of amides is 2. The van der Waals surface area contributed by atoms with Crippen LogP contribution in [0.1, 0.15) is 13.3 Å². The molecule has 3 rings (SSSR count). The van der Waals surface area contributed by atoms with Crippen LogP contribution in [0.3, 0.4) is 0 Å². The van der Waals surface area contributed by atoms with Gasteiger partial charge in [0.1, 0.15) is 12.5 Å². The summed E-state index contributed by atoms with van der Waals surface area (Å²) in [5.74, 6) is -2.46. The quantitative estimate of drug-likeness (QED) is 0.489. The number of carbonyl (C=O) groups excluding carboxylic acids is 3. The summed E-state index contributed by atoms with van der Waals surface area (Å²) in [5, 5.41) is 13.3. The number of carbonyl (C=O) groups is 3. The molecule has 1 aliphatic heterocycles. The lowest BCUT2D eigenvalue weighted by Gasteiger charge is -2.30. The summed E-state index contributed by atoms with van der Waals surface area (Å²) < 4.78 is 5.05. The highest BCUT2D eigenvalue weighted by molar-refractivity contribution is 6.11. The number of nitro groups is 1. The van der Waals surface area contributed by atoms with Gasteiger partial charge in [-0.1, -0.05) is 12.1 Å². The molecule has 0 unspecified atom stereocenters. The van der Waals surface area contributed by atoms with Gasteiger partial charge in [-0.3, -0.25) is 29.4 Å². The second-order valence-electron chi connectivity index (χ2n) is 5.76. The highest BCUT2D eigenvalue weighted by Gasteiger charge is 2.55. The van der Waals surface area contributed by atoms with Crippen molar-refractivity contribution >= 4 is 29.2 Å². The number of nitrogens with zero attached hydrogens (tertiary/aromatic N) is 2. The molecular weight excluding hydrogens is 318 g/mol. The molecule has 1 aromatic carbocycles. The Morgan fingerprint density at radius 1 is 1.42 bits per heavy atom. The van der Waals surface area contributed by atoms with E-state index in [9.17, 15) is 24.5 Å². The molecule has 2 aliphatic rings. The number of para-hydroxylation sites is 2. The van der Waals surface area contributed by atoms with E-state index >= 15 is 0 Å². The van der Waals surface area contributed by atoms with Gasteiger partial charge in [0.05, 0.1) is 11.4 Å². The summed E-state index contributed by atoms with van der Waals surface area (Å²) in [6.07, 6.45) is -1.01. The Hall–Kier alpha value is -2.97. The SMILES string of the molecule is C[C@H](OC(=O)[C@H]1C[C@@H]1[N+](=O)[O-])C(=O)N1CC(=O)Nc2ccccc21. The van der Waals surface area contributed by atoms with Crippen molar-refractivity contribution in [1.29, 1.82) is 0 Å². The number of esters is 1. The Bertz CT molecular complexity index is 734. The zero-order valence-corrected chi connectivity index (χ0v) is 12.8. The first kappa shape index (κ1) is 15.9. The second kappa shape index (κ2) is 5.91. The molecule has 0 saturated heterocycles. The van der Waals surface area contributed by atoms with Crippen LogP contribution in [-0.4, -0.2) is 41.4 Å². The fraction of sp³-hybridized carbons (Fsp3) is 0.400. The van der Waals surface area contributed by atoms with E-state index in [1.54, 1.807) is 24.3 Å². The van der Waals surface area contributed by atoms with E-state index in [1.165, 1.54) is 11.8 Å². The molecule has 126 valence electrons. The van der Waals surface area contributed by atoms with Gasteiger partial charge in [-0.15, -0.1) is 0 Å². The first-order valence-corrected chi connectivity index (χ1v) is 7.42. The Labute approximate surface area is 136 Å². The number of hydrogen-bond donors (Lipinski definition) is 1. The number of nitrogens with one attached hydrogen (secondary N) is 1. The highest BCUT2D eigenvalue weighted by atomic mass is 16.6. The Morgan fingerprint density at radius 3 is 2.79 bits per heavy atom. The average Bonchev–Trinajstić information content (AvgIpc) is 3.34. The smallest absolute Gasteiger partial charge is 0.316 e. The Morgan fingerprint density at radius 2 is 2.12 bits per heavy atom. The van der Waals surface area contributed by atoms with Gasteiger partial charge in [0.25, 0.3) is 5.91 Å². The van der Waals surface area contributed by atoms with Crippen LogP contribution in [0.4, 0.5) is 11.4 Å². The van der Waals surface area contributed by atoms with Crippen molar-refractivity contribution in [3.05, 3.63) is 34.4 Å². The fourth-order valence-corrected chi connectivity index (χ4v) is 2.63. The van der Waals surface area contributed by atoms with Gasteiger partial charge in [0, 0.05) is 11.3 Å². The normalized spacial score (nSPS) is 22.9. The highest BCUT2D eigenvalue weighted by Crippen LogP contribution is 2.35. The molecule has 0 spiro atoms. The molecular formula is C15H15N3O6. The molecule has 9 heteroatoms. The number of fused-ring (bicyclic) bond motifs is 1. The largest absolute Gasteiger partial charge is 0.452 e. The van der Waals surface area contributed by atoms with Crippen LogP contribution in [0.2, 0.25) is 0 Å². The number of benzene rings is 1. The molecule has 9 nitrogen and oxygen atoms in total. The third kappa shape index (κ3) is 2.92. The van der Waals surface area contributed by atoms with E-state index in [4.69, 9.17) is 4.74 Å².